The number of fused-ring (bicyclic) bond motifs is 1. The first-order chi connectivity index (χ1) is 11.1. The van der Waals surface area contributed by atoms with Gasteiger partial charge in [-0.3, -0.25) is 9.59 Å². The van der Waals surface area contributed by atoms with Crippen LogP contribution in [0.15, 0.2) is 35.7 Å². The predicted molar refractivity (Wildman–Crippen MR) is 90.1 cm³/mol. The molecule has 1 aromatic carbocycles. The molecule has 118 valence electrons. The topological polar surface area (TPSA) is 63.4 Å². The third-order valence-corrected chi connectivity index (χ3v) is 5.88. The molecule has 4 nitrogen and oxygen atoms in total. The first-order valence-corrected chi connectivity index (χ1v) is 8.69. The van der Waals surface area contributed by atoms with Crippen molar-refractivity contribution >= 4 is 23.2 Å². The molecule has 1 aromatic heterocycles. The first-order valence-electron chi connectivity index (χ1n) is 7.81. The largest absolute Gasteiger partial charge is 0.368 e. The molecule has 3 atom stereocenters. The number of hydrogen-bond acceptors (Lipinski definition) is 3. The Morgan fingerprint density at radius 3 is 2.65 bits per heavy atom. The highest BCUT2D eigenvalue weighted by Gasteiger charge is 2.56. The van der Waals surface area contributed by atoms with Gasteiger partial charge in [0.25, 0.3) is 5.91 Å². The third kappa shape index (κ3) is 2.36. The van der Waals surface area contributed by atoms with Crippen molar-refractivity contribution in [2.75, 3.05) is 6.54 Å². The van der Waals surface area contributed by atoms with Gasteiger partial charge in [0.1, 0.15) is 6.04 Å². The zero-order valence-electron chi connectivity index (χ0n) is 12.9. The van der Waals surface area contributed by atoms with E-state index in [1.165, 1.54) is 5.56 Å². The first kappa shape index (κ1) is 14.5. The molecule has 2 aromatic rings. The van der Waals surface area contributed by atoms with Crippen LogP contribution in [0.1, 0.15) is 22.3 Å². The summed E-state index contributed by atoms with van der Waals surface area (Å²) in [5, 5.41) is 1.93. The molecule has 2 aliphatic rings. The minimum atomic E-state index is -0.432. The van der Waals surface area contributed by atoms with Crippen molar-refractivity contribution < 1.29 is 9.59 Å². The lowest BCUT2D eigenvalue weighted by Crippen LogP contribution is -2.46. The number of aryl methyl sites for hydroxylation is 1. The van der Waals surface area contributed by atoms with E-state index in [0.29, 0.717) is 18.0 Å². The van der Waals surface area contributed by atoms with Gasteiger partial charge in [-0.1, -0.05) is 29.8 Å². The number of nitrogens with two attached hydrogens (primary N) is 1. The summed E-state index contributed by atoms with van der Waals surface area (Å²) in [6, 6.07) is 9.57. The van der Waals surface area contributed by atoms with E-state index in [9.17, 15) is 9.59 Å². The van der Waals surface area contributed by atoms with E-state index in [1.807, 2.05) is 42.6 Å². The molecule has 1 aliphatic heterocycles. The van der Waals surface area contributed by atoms with Crippen LogP contribution < -0.4 is 5.73 Å². The maximum absolute atomic E-state index is 13.0. The minimum absolute atomic E-state index is 0.0715. The van der Waals surface area contributed by atoms with Gasteiger partial charge in [-0.2, -0.15) is 0 Å². The molecule has 5 heteroatoms. The van der Waals surface area contributed by atoms with E-state index in [4.69, 9.17) is 5.73 Å². The average molecular weight is 326 g/mol. The second-order valence-corrected chi connectivity index (χ2v) is 7.41. The summed E-state index contributed by atoms with van der Waals surface area (Å²) < 4.78 is 0. The summed E-state index contributed by atoms with van der Waals surface area (Å²) in [5.41, 5.74) is 8.43. The summed E-state index contributed by atoms with van der Waals surface area (Å²) >= 11 is 1.55. The molecule has 0 unspecified atom stereocenters. The number of likely N-dealkylation sites (tertiary alicyclic amines) is 1. The van der Waals surface area contributed by atoms with Gasteiger partial charge in [0, 0.05) is 11.4 Å². The van der Waals surface area contributed by atoms with Gasteiger partial charge < -0.3 is 10.6 Å². The molecular formula is C18H18N2O2S. The van der Waals surface area contributed by atoms with Crippen LogP contribution in [0.25, 0.3) is 10.4 Å². The van der Waals surface area contributed by atoms with Crippen LogP contribution in [0.2, 0.25) is 0 Å². The Balaban J connectivity index is 1.66. The fourth-order valence-corrected chi connectivity index (χ4v) is 4.49. The number of carbonyl (C=O) groups is 2. The van der Waals surface area contributed by atoms with Gasteiger partial charge in [0.2, 0.25) is 5.91 Å². The SMILES string of the molecule is Cc1ccc(-c2sccc2C(=O)N2C[C@@H]3C[C@@H]3[C@H]2C(N)=O)cc1. The lowest BCUT2D eigenvalue weighted by atomic mass is 10.1. The molecule has 1 saturated heterocycles. The summed E-state index contributed by atoms with van der Waals surface area (Å²) in [7, 11) is 0. The normalized spacial score (nSPS) is 25.3. The Morgan fingerprint density at radius 1 is 1.22 bits per heavy atom. The summed E-state index contributed by atoms with van der Waals surface area (Å²) in [6.07, 6.45) is 1.02. The molecule has 0 spiro atoms. The highest BCUT2D eigenvalue weighted by Crippen LogP contribution is 2.50. The number of primary amides is 1. The van der Waals surface area contributed by atoms with Crippen molar-refractivity contribution in [3.05, 3.63) is 46.8 Å². The number of nitrogens with zero attached hydrogens (tertiary/aromatic N) is 1. The van der Waals surface area contributed by atoms with Gasteiger partial charge in [-0.25, -0.2) is 0 Å². The number of hydrogen-bond donors (Lipinski definition) is 1. The van der Waals surface area contributed by atoms with Crippen molar-refractivity contribution in [3.8, 4) is 10.4 Å². The van der Waals surface area contributed by atoms with Crippen LogP contribution in [0, 0.1) is 18.8 Å². The van der Waals surface area contributed by atoms with Crippen molar-refractivity contribution in [3.63, 3.8) is 0 Å². The molecule has 2 heterocycles. The molecule has 2 fully saturated rings. The van der Waals surface area contributed by atoms with Gasteiger partial charge in [0.05, 0.1) is 5.56 Å². The van der Waals surface area contributed by atoms with Crippen LogP contribution >= 0.6 is 11.3 Å². The van der Waals surface area contributed by atoms with E-state index < -0.39 is 6.04 Å². The molecule has 1 saturated carbocycles. The molecule has 0 bridgehead atoms. The Morgan fingerprint density at radius 2 is 1.96 bits per heavy atom. The zero-order valence-corrected chi connectivity index (χ0v) is 13.7. The maximum Gasteiger partial charge on any atom is 0.256 e. The van der Waals surface area contributed by atoms with Crippen LogP contribution in [-0.4, -0.2) is 29.3 Å². The van der Waals surface area contributed by atoms with Crippen LogP contribution in [0.3, 0.4) is 0 Å². The number of piperidine rings is 1. The molecule has 0 radical (unpaired) electrons. The fourth-order valence-electron chi connectivity index (χ4n) is 3.60. The molecule has 1 aliphatic carbocycles. The Labute approximate surface area is 138 Å². The van der Waals surface area contributed by atoms with Crippen molar-refractivity contribution in [1.82, 2.24) is 4.90 Å². The molecule has 4 rings (SSSR count). The minimum Gasteiger partial charge on any atom is -0.368 e. The standard InChI is InChI=1S/C18H18N2O2S/c1-10-2-4-11(5-3-10)16-13(6-7-23-16)18(22)20-9-12-8-14(12)15(20)17(19)21/h2-7,12,14-15H,8-9H2,1H3,(H2,19,21)/t12-,14-,15-/m0/s1. The number of amides is 2. The van der Waals surface area contributed by atoms with Gasteiger partial charge in [-0.05, 0) is 42.2 Å². The van der Waals surface area contributed by atoms with Crippen molar-refractivity contribution in [2.45, 2.75) is 19.4 Å². The number of carbonyl (C=O) groups excluding carboxylic acids is 2. The number of thiophene rings is 1. The summed E-state index contributed by atoms with van der Waals surface area (Å²) in [4.78, 5) is 27.4. The Bertz CT molecular complexity index is 781. The summed E-state index contributed by atoms with van der Waals surface area (Å²) in [5.74, 6) is 0.282. The van der Waals surface area contributed by atoms with E-state index in [1.54, 1.807) is 16.2 Å². The Kier molecular flexibility index (Phi) is 3.27. The van der Waals surface area contributed by atoms with Crippen LogP contribution in [0.5, 0.6) is 0 Å². The smallest absolute Gasteiger partial charge is 0.256 e. The second kappa shape index (κ2) is 5.20. The van der Waals surface area contributed by atoms with E-state index in [0.717, 1.165) is 16.9 Å². The number of benzene rings is 1. The highest BCUT2D eigenvalue weighted by atomic mass is 32.1. The second-order valence-electron chi connectivity index (χ2n) is 6.49. The molecular weight excluding hydrogens is 308 g/mol. The van der Waals surface area contributed by atoms with E-state index in [-0.39, 0.29) is 17.7 Å². The van der Waals surface area contributed by atoms with Gasteiger partial charge in [-0.15, -0.1) is 11.3 Å². The number of rotatable bonds is 3. The maximum atomic E-state index is 13.0. The predicted octanol–water partition coefficient (Wildman–Crippen LogP) is 2.67. The zero-order chi connectivity index (χ0) is 16.1. The monoisotopic (exact) mass is 326 g/mol. The third-order valence-electron chi connectivity index (χ3n) is 4.91. The lowest BCUT2D eigenvalue weighted by molar-refractivity contribution is -0.122. The van der Waals surface area contributed by atoms with Crippen LogP contribution in [-0.2, 0) is 4.79 Å². The quantitative estimate of drug-likeness (QED) is 0.942. The fraction of sp³-hybridized carbons (Fsp3) is 0.333. The average Bonchev–Trinajstić information content (AvgIpc) is 2.99. The van der Waals surface area contributed by atoms with E-state index in [2.05, 4.69) is 0 Å². The van der Waals surface area contributed by atoms with Gasteiger partial charge >= 0.3 is 0 Å². The van der Waals surface area contributed by atoms with Gasteiger partial charge in [0.15, 0.2) is 0 Å². The Hall–Kier alpha value is -2.14. The molecule has 23 heavy (non-hydrogen) atoms. The molecule has 2 N–H and O–H groups in total. The molecule has 2 amide bonds. The van der Waals surface area contributed by atoms with E-state index >= 15 is 0 Å². The van der Waals surface area contributed by atoms with Crippen molar-refractivity contribution in [1.29, 1.82) is 0 Å². The van der Waals surface area contributed by atoms with Crippen molar-refractivity contribution in [2.24, 2.45) is 17.6 Å². The summed E-state index contributed by atoms with van der Waals surface area (Å²) in [6.45, 7) is 2.69. The highest BCUT2D eigenvalue weighted by molar-refractivity contribution is 7.14. The lowest BCUT2D eigenvalue weighted by Gasteiger charge is -2.25. The van der Waals surface area contributed by atoms with Crippen LogP contribution in [0.4, 0.5) is 0 Å².